The first-order valence-corrected chi connectivity index (χ1v) is 9.62. The highest BCUT2D eigenvalue weighted by Crippen LogP contribution is 2.26. The number of nitrogens with zero attached hydrogens (tertiary/aromatic N) is 3. The standard InChI is InChI=1S/C20H24Cl2FN3/c1-24(18-6-7-19(21)20(22)14-18)8-9-25-10-12-26(13-11-25)15-16-2-4-17(23)5-3-16/h2-7,14H,8-13,15H2,1H3. The van der Waals surface area contributed by atoms with Crippen molar-refractivity contribution in [1.29, 1.82) is 0 Å². The van der Waals surface area contributed by atoms with Gasteiger partial charge < -0.3 is 4.90 Å². The van der Waals surface area contributed by atoms with Crippen LogP contribution in [0.2, 0.25) is 10.0 Å². The smallest absolute Gasteiger partial charge is 0.123 e. The third kappa shape index (κ3) is 5.34. The zero-order valence-electron chi connectivity index (χ0n) is 15.0. The molecule has 0 N–H and O–H groups in total. The Hall–Kier alpha value is -1.33. The summed E-state index contributed by atoms with van der Waals surface area (Å²) in [7, 11) is 2.07. The minimum absolute atomic E-state index is 0.176. The first kappa shape index (κ1) is 19.4. The van der Waals surface area contributed by atoms with E-state index in [-0.39, 0.29) is 5.82 Å². The Morgan fingerprint density at radius 2 is 1.58 bits per heavy atom. The van der Waals surface area contributed by atoms with E-state index in [1.165, 1.54) is 17.7 Å². The fourth-order valence-corrected chi connectivity index (χ4v) is 3.45. The number of rotatable bonds is 6. The van der Waals surface area contributed by atoms with Gasteiger partial charge in [0.15, 0.2) is 0 Å². The van der Waals surface area contributed by atoms with E-state index in [4.69, 9.17) is 23.2 Å². The maximum absolute atomic E-state index is 13.0. The van der Waals surface area contributed by atoms with E-state index in [0.717, 1.165) is 51.5 Å². The van der Waals surface area contributed by atoms with Crippen LogP contribution in [-0.4, -0.2) is 56.1 Å². The molecule has 1 aliphatic rings. The van der Waals surface area contributed by atoms with Crippen molar-refractivity contribution in [2.24, 2.45) is 0 Å². The van der Waals surface area contributed by atoms with Gasteiger partial charge in [0.2, 0.25) is 0 Å². The summed E-state index contributed by atoms with van der Waals surface area (Å²) in [6, 6.07) is 12.5. The van der Waals surface area contributed by atoms with E-state index in [2.05, 4.69) is 21.7 Å². The molecule has 1 aliphatic heterocycles. The molecule has 0 atom stereocenters. The molecule has 0 bridgehead atoms. The van der Waals surface area contributed by atoms with E-state index >= 15 is 0 Å². The molecule has 0 radical (unpaired) electrons. The molecule has 0 amide bonds. The lowest BCUT2D eigenvalue weighted by atomic mass is 10.2. The maximum atomic E-state index is 13.0. The summed E-state index contributed by atoms with van der Waals surface area (Å²) in [5.41, 5.74) is 2.24. The van der Waals surface area contributed by atoms with Crippen LogP contribution >= 0.6 is 23.2 Å². The Bertz CT molecular complexity index is 715. The molecule has 0 saturated carbocycles. The van der Waals surface area contributed by atoms with Crippen molar-refractivity contribution in [1.82, 2.24) is 9.80 Å². The van der Waals surface area contributed by atoms with Gasteiger partial charge in [-0.3, -0.25) is 9.80 Å². The zero-order valence-corrected chi connectivity index (χ0v) is 16.5. The summed E-state index contributed by atoms with van der Waals surface area (Å²) < 4.78 is 13.0. The van der Waals surface area contributed by atoms with Crippen LogP contribution in [0.15, 0.2) is 42.5 Å². The van der Waals surface area contributed by atoms with Crippen LogP contribution in [0.4, 0.5) is 10.1 Å². The van der Waals surface area contributed by atoms with Crippen molar-refractivity contribution in [2.45, 2.75) is 6.54 Å². The largest absolute Gasteiger partial charge is 0.373 e. The molecule has 1 heterocycles. The number of piperazine rings is 1. The molecule has 2 aromatic rings. The predicted octanol–water partition coefficient (Wildman–Crippen LogP) is 4.39. The van der Waals surface area contributed by atoms with Crippen molar-refractivity contribution in [3.05, 3.63) is 63.9 Å². The molecule has 3 nitrogen and oxygen atoms in total. The van der Waals surface area contributed by atoms with Crippen molar-refractivity contribution in [3.63, 3.8) is 0 Å². The number of hydrogen-bond donors (Lipinski definition) is 0. The topological polar surface area (TPSA) is 9.72 Å². The number of hydrogen-bond acceptors (Lipinski definition) is 3. The lowest BCUT2D eigenvalue weighted by molar-refractivity contribution is 0.129. The Balaban J connectivity index is 1.42. The number of likely N-dealkylation sites (N-methyl/N-ethyl adjacent to an activating group) is 1. The van der Waals surface area contributed by atoms with Crippen LogP contribution in [0.3, 0.4) is 0 Å². The first-order chi connectivity index (χ1) is 12.5. The molecule has 1 saturated heterocycles. The quantitative estimate of drug-likeness (QED) is 0.717. The summed E-state index contributed by atoms with van der Waals surface area (Å²) in [5.74, 6) is -0.176. The van der Waals surface area contributed by atoms with E-state index in [0.29, 0.717) is 10.0 Å². The molecule has 26 heavy (non-hydrogen) atoms. The zero-order chi connectivity index (χ0) is 18.5. The van der Waals surface area contributed by atoms with Crippen LogP contribution in [0.5, 0.6) is 0 Å². The Labute approximate surface area is 164 Å². The monoisotopic (exact) mass is 395 g/mol. The molecule has 1 fully saturated rings. The molecule has 2 aromatic carbocycles. The highest BCUT2D eigenvalue weighted by atomic mass is 35.5. The summed E-state index contributed by atoms with van der Waals surface area (Å²) >= 11 is 12.1. The molecule has 0 unspecified atom stereocenters. The fraction of sp³-hybridized carbons (Fsp3) is 0.400. The van der Waals surface area contributed by atoms with E-state index in [1.54, 1.807) is 0 Å². The minimum Gasteiger partial charge on any atom is -0.373 e. The predicted molar refractivity (Wildman–Crippen MR) is 108 cm³/mol. The molecule has 0 aliphatic carbocycles. The minimum atomic E-state index is -0.176. The van der Waals surface area contributed by atoms with Gasteiger partial charge in [0.1, 0.15) is 5.82 Å². The van der Waals surface area contributed by atoms with Gasteiger partial charge in [0, 0.05) is 58.5 Å². The molecule has 6 heteroatoms. The van der Waals surface area contributed by atoms with Crippen LogP contribution in [0, 0.1) is 5.82 Å². The van der Waals surface area contributed by atoms with Crippen molar-refractivity contribution >= 4 is 28.9 Å². The fourth-order valence-electron chi connectivity index (χ4n) is 3.16. The summed E-state index contributed by atoms with van der Waals surface area (Å²) in [6.45, 7) is 7.02. The summed E-state index contributed by atoms with van der Waals surface area (Å²) in [4.78, 5) is 7.11. The second-order valence-corrected chi connectivity index (χ2v) is 7.58. The van der Waals surface area contributed by atoms with Gasteiger partial charge in [0.05, 0.1) is 10.0 Å². The molecule has 3 rings (SSSR count). The summed E-state index contributed by atoms with van der Waals surface area (Å²) in [6.07, 6.45) is 0. The van der Waals surface area contributed by atoms with Crippen LogP contribution in [-0.2, 0) is 6.54 Å². The van der Waals surface area contributed by atoms with E-state index in [1.807, 2.05) is 30.3 Å². The SMILES string of the molecule is CN(CCN1CCN(Cc2ccc(F)cc2)CC1)c1ccc(Cl)c(Cl)c1. The van der Waals surface area contributed by atoms with Crippen molar-refractivity contribution in [3.8, 4) is 0 Å². The number of halogens is 3. The van der Waals surface area contributed by atoms with Crippen LogP contribution < -0.4 is 4.90 Å². The van der Waals surface area contributed by atoms with Gasteiger partial charge in [0.25, 0.3) is 0 Å². The maximum Gasteiger partial charge on any atom is 0.123 e. The van der Waals surface area contributed by atoms with Gasteiger partial charge in [-0.2, -0.15) is 0 Å². The van der Waals surface area contributed by atoms with E-state index in [9.17, 15) is 4.39 Å². The third-order valence-corrected chi connectivity index (χ3v) is 5.62. The number of benzene rings is 2. The normalized spacial score (nSPS) is 16.0. The Morgan fingerprint density at radius 1 is 0.923 bits per heavy atom. The molecule has 0 aromatic heterocycles. The highest BCUT2D eigenvalue weighted by molar-refractivity contribution is 6.42. The third-order valence-electron chi connectivity index (χ3n) is 4.88. The van der Waals surface area contributed by atoms with Gasteiger partial charge in [-0.1, -0.05) is 35.3 Å². The van der Waals surface area contributed by atoms with Gasteiger partial charge >= 0.3 is 0 Å². The second-order valence-electron chi connectivity index (χ2n) is 6.76. The molecular weight excluding hydrogens is 372 g/mol. The Kier molecular flexibility index (Phi) is 6.76. The van der Waals surface area contributed by atoms with E-state index < -0.39 is 0 Å². The lowest BCUT2D eigenvalue weighted by Gasteiger charge is -2.35. The number of anilines is 1. The van der Waals surface area contributed by atoms with Crippen LogP contribution in [0.25, 0.3) is 0 Å². The van der Waals surface area contributed by atoms with Gasteiger partial charge in [-0.15, -0.1) is 0 Å². The van der Waals surface area contributed by atoms with Crippen molar-refractivity contribution in [2.75, 3.05) is 51.2 Å². The summed E-state index contributed by atoms with van der Waals surface area (Å²) in [5, 5.41) is 1.17. The molecular formula is C20H24Cl2FN3. The lowest BCUT2D eigenvalue weighted by Crippen LogP contribution is -2.47. The second kappa shape index (κ2) is 9.05. The average Bonchev–Trinajstić information content (AvgIpc) is 2.65. The molecule has 0 spiro atoms. The van der Waals surface area contributed by atoms with Crippen molar-refractivity contribution < 1.29 is 4.39 Å². The Morgan fingerprint density at radius 3 is 2.23 bits per heavy atom. The van der Waals surface area contributed by atoms with Crippen LogP contribution in [0.1, 0.15) is 5.56 Å². The highest BCUT2D eigenvalue weighted by Gasteiger charge is 2.17. The molecule has 140 valence electrons. The van der Waals surface area contributed by atoms with Gasteiger partial charge in [-0.25, -0.2) is 4.39 Å². The average molecular weight is 396 g/mol. The first-order valence-electron chi connectivity index (χ1n) is 8.86. The van der Waals surface area contributed by atoms with Gasteiger partial charge in [-0.05, 0) is 35.9 Å².